The fourth-order valence-electron chi connectivity index (χ4n) is 8.00. The average molecular weight is 609 g/mol. The highest BCUT2D eigenvalue weighted by molar-refractivity contribution is 6.02. The molecule has 8 rings (SSSR count). The van der Waals surface area contributed by atoms with Crippen molar-refractivity contribution in [1.29, 1.82) is 0 Å². The van der Waals surface area contributed by atoms with Gasteiger partial charge in [0.15, 0.2) is 11.6 Å². The predicted octanol–water partition coefficient (Wildman–Crippen LogP) is 5.71. The maximum atomic E-state index is 15.2. The molecule has 0 amide bonds. The first-order valence-electron chi connectivity index (χ1n) is 15.3. The summed E-state index contributed by atoms with van der Waals surface area (Å²) in [4.78, 5) is 18.3. The number of rotatable bonds is 6. The van der Waals surface area contributed by atoms with Crippen LogP contribution < -0.4 is 15.0 Å². The number of fused-ring (bicyclic) bond motifs is 5. The summed E-state index contributed by atoms with van der Waals surface area (Å²) in [6.07, 6.45) is 4.53. The third-order valence-electron chi connectivity index (χ3n) is 10.0. The molecule has 2 N–H and O–H groups in total. The summed E-state index contributed by atoms with van der Waals surface area (Å²) in [6.45, 7) is 3.67. The number of benzene rings is 2. The zero-order valence-electron chi connectivity index (χ0n) is 24.0. The average Bonchev–Trinajstić information content (AvgIpc) is 3.69. The number of piperazine rings is 1. The van der Waals surface area contributed by atoms with Gasteiger partial charge in [0.25, 0.3) is 6.43 Å². The van der Waals surface area contributed by atoms with Crippen LogP contribution in [0.1, 0.15) is 50.5 Å². The van der Waals surface area contributed by atoms with E-state index in [-0.39, 0.29) is 56.9 Å². The minimum Gasteiger partial charge on any atom is -0.508 e. The van der Waals surface area contributed by atoms with E-state index in [4.69, 9.17) is 9.72 Å². The van der Waals surface area contributed by atoms with E-state index in [0.717, 1.165) is 63.7 Å². The van der Waals surface area contributed by atoms with Crippen molar-refractivity contribution in [2.24, 2.45) is 0 Å². The number of aromatic nitrogens is 3. The van der Waals surface area contributed by atoms with Gasteiger partial charge in [-0.1, -0.05) is 6.07 Å². The van der Waals surface area contributed by atoms with Crippen LogP contribution >= 0.6 is 0 Å². The van der Waals surface area contributed by atoms with E-state index in [9.17, 15) is 9.50 Å². The zero-order valence-corrected chi connectivity index (χ0v) is 24.0. The topological polar surface area (TPSA) is 86.6 Å². The number of pyridine rings is 1. The Balaban J connectivity index is 1.32. The lowest BCUT2D eigenvalue weighted by Crippen LogP contribution is -2.51. The Morgan fingerprint density at radius 1 is 1.05 bits per heavy atom. The van der Waals surface area contributed by atoms with Crippen molar-refractivity contribution < 1.29 is 27.4 Å². The van der Waals surface area contributed by atoms with Crippen LogP contribution in [-0.4, -0.2) is 75.4 Å². The highest BCUT2D eigenvalue weighted by Gasteiger charge is 2.45. The number of nitrogens with zero attached hydrogens (tertiary/aromatic N) is 5. The molecule has 0 spiro atoms. The molecule has 44 heavy (non-hydrogen) atoms. The lowest BCUT2D eigenvalue weighted by atomic mass is 9.95. The molecule has 4 aliphatic rings. The number of ether oxygens (including phenoxy) is 1. The van der Waals surface area contributed by atoms with Gasteiger partial charge in [0.1, 0.15) is 18.2 Å². The predicted molar refractivity (Wildman–Crippen MR) is 157 cm³/mol. The molecule has 230 valence electrons. The Hall–Kier alpha value is -3.77. The van der Waals surface area contributed by atoms with Crippen LogP contribution in [0.15, 0.2) is 30.5 Å². The number of nitrogens with one attached hydrogen (secondary N) is 1. The van der Waals surface area contributed by atoms with E-state index in [1.807, 2.05) is 0 Å². The third kappa shape index (κ3) is 4.44. The van der Waals surface area contributed by atoms with E-state index in [1.54, 1.807) is 0 Å². The van der Waals surface area contributed by atoms with Crippen molar-refractivity contribution in [3.63, 3.8) is 0 Å². The van der Waals surface area contributed by atoms with Crippen molar-refractivity contribution >= 4 is 27.5 Å². The number of aromatic hydroxyl groups is 1. The van der Waals surface area contributed by atoms with Crippen molar-refractivity contribution in [3.8, 4) is 23.0 Å². The van der Waals surface area contributed by atoms with E-state index in [2.05, 4.69) is 25.1 Å². The van der Waals surface area contributed by atoms with Crippen LogP contribution in [0.2, 0.25) is 0 Å². The lowest BCUT2D eigenvalue weighted by Gasteiger charge is -2.35. The summed E-state index contributed by atoms with van der Waals surface area (Å²) < 4.78 is 66.2. The quantitative estimate of drug-likeness (QED) is 0.269. The molecule has 2 aromatic heterocycles. The molecule has 4 aromatic rings. The maximum Gasteiger partial charge on any atom is 0.319 e. The van der Waals surface area contributed by atoms with Gasteiger partial charge in [-0.05, 0) is 75.2 Å². The summed E-state index contributed by atoms with van der Waals surface area (Å²) in [5.74, 6) is -2.17. The van der Waals surface area contributed by atoms with Crippen molar-refractivity contribution in [2.45, 2.75) is 62.6 Å². The van der Waals surface area contributed by atoms with E-state index in [0.29, 0.717) is 30.9 Å². The standard InChI is InChI=1S/C32H32F4N6O2/c33-23-6-3-17-11-20(43)12-21(24(17)26(23)34)27-25(29(35)36)28-22(13-37-27)30(41-14-18-4-5-19(15-41)38-18)40-31(39-28)44-16-32-7-1-9-42(32)10-2-8-32/h3,6,11-13,18-19,29,38,43H,1-2,4-5,7-10,14-16H2. The van der Waals surface area contributed by atoms with Gasteiger partial charge in [-0.3, -0.25) is 9.88 Å². The van der Waals surface area contributed by atoms with E-state index < -0.39 is 23.6 Å². The number of anilines is 1. The maximum absolute atomic E-state index is 15.2. The molecule has 2 bridgehead atoms. The highest BCUT2D eigenvalue weighted by Crippen LogP contribution is 2.43. The Kier molecular flexibility index (Phi) is 6.56. The molecule has 4 fully saturated rings. The summed E-state index contributed by atoms with van der Waals surface area (Å²) in [5.41, 5.74) is -1.15. The Morgan fingerprint density at radius 3 is 2.52 bits per heavy atom. The molecule has 0 saturated carbocycles. The van der Waals surface area contributed by atoms with Crippen LogP contribution in [0, 0.1) is 11.6 Å². The van der Waals surface area contributed by atoms with Gasteiger partial charge < -0.3 is 20.1 Å². The number of alkyl halides is 2. The summed E-state index contributed by atoms with van der Waals surface area (Å²) in [5, 5.41) is 14.3. The third-order valence-corrected chi connectivity index (χ3v) is 10.0. The largest absolute Gasteiger partial charge is 0.508 e. The second kappa shape index (κ2) is 10.4. The molecule has 6 heterocycles. The SMILES string of the molecule is Oc1cc(-c2ncc3c(N4CC5CCC(C4)N5)nc(OCC45CCCN4CCC5)nc3c2C(F)F)c2c(F)c(F)ccc2c1. The van der Waals surface area contributed by atoms with Crippen LogP contribution in [0.25, 0.3) is 32.9 Å². The van der Waals surface area contributed by atoms with Crippen molar-refractivity contribution in [1.82, 2.24) is 25.2 Å². The van der Waals surface area contributed by atoms with Gasteiger partial charge in [0.2, 0.25) is 0 Å². The fraction of sp³-hybridized carbons (Fsp3) is 0.469. The molecule has 4 aliphatic heterocycles. The lowest BCUT2D eigenvalue weighted by molar-refractivity contribution is 0.107. The first kappa shape index (κ1) is 27.8. The number of halogens is 4. The minimum absolute atomic E-state index is 0.00328. The van der Waals surface area contributed by atoms with Crippen LogP contribution in [0.4, 0.5) is 23.4 Å². The molecule has 8 nitrogen and oxygen atoms in total. The Bertz CT molecular complexity index is 1770. The molecule has 0 aliphatic carbocycles. The molecule has 12 heteroatoms. The fourth-order valence-corrected chi connectivity index (χ4v) is 8.00. The molecule has 4 saturated heterocycles. The van der Waals surface area contributed by atoms with Gasteiger partial charge in [-0.15, -0.1) is 0 Å². The smallest absolute Gasteiger partial charge is 0.319 e. The summed E-state index contributed by atoms with van der Waals surface area (Å²) in [6, 6.07) is 5.12. The van der Waals surface area contributed by atoms with E-state index >= 15 is 13.2 Å². The van der Waals surface area contributed by atoms with Gasteiger partial charge >= 0.3 is 6.01 Å². The first-order valence-corrected chi connectivity index (χ1v) is 15.3. The van der Waals surface area contributed by atoms with Gasteiger partial charge in [-0.2, -0.15) is 9.97 Å². The molecule has 2 aromatic carbocycles. The molecular formula is C32H32F4N6O2. The normalized spacial score (nSPS) is 22.9. The van der Waals surface area contributed by atoms with Crippen LogP contribution in [-0.2, 0) is 0 Å². The second-order valence-corrected chi connectivity index (χ2v) is 12.6. The highest BCUT2D eigenvalue weighted by atomic mass is 19.3. The summed E-state index contributed by atoms with van der Waals surface area (Å²) >= 11 is 0. The molecule has 2 atom stereocenters. The van der Waals surface area contributed by atoms with Crippen molar-refractivity contribution in [2.75, 3.05) is 37.7 Å². The Labute approximate surface area is 251 Å². The monoisotopic (exact) mass is 608 g/mol. The van der Waals surface area contributed by atoms with Crippen LogP contribution in [0.3, 0.4) is 0 Å². The van der Waals surface area contributed by atoms with Gasteiger partial charge in [0, 0.05) is 42.3 Å². The Morgan fingerprint density at radius 2 is 1.80 bits per heavy atom. The van der Waals surface area contributed by atoms with Gasteiger partial charge in [-0.25, -0.2) is 17.6 Å². The van der Waals surface area contributed by atoms with E-state index in [1.165, 1.54) is 18.3 Å². The van der Waals surface area contributed by atoms with Gasteiger partial charge in [0.05, 0.1) is 27.7 Å². The second-order valence-electron chi connectivity index (χ2n) is 12.6. The molecule has 2 unspecified atom stereocenters. The minimum atomic E-state index is -3.08. The molecular weight excluding hydrogens is 576 g/mol. The molecule has 0 radical (unpaired) electrons. The van der Waals surface area contributed by atoms with Crippen LogP contribution in [0.5, 0.6) is 11.8 Å². The first-order chi connectivity index (χ1) is 21.3. The summed E-state index contributed by atoms with van der Waals surface area (Å²) in [7, 11) is 0. The number of hydrogen-bond donors (Lipinski definition) is 2. The number of phenolic OH excluding ortho intramolecular Hbond substituents is 1. The number of phenols is 1. The van der Waals surface area contributed by atoms with Crippen molar-refractivity contribution in [3.05, 3.63) is 47.7 Å². The zero-order chi connectivity index (χ0) is 30.2. The number of hydrogen-bond acceptors (Lipinski definition) is 8.